The van der Waals surface area contributed by atoms with Gasteiger partial charge in [0.15, 0.2) is 0 Å². The van der Waals surface area contributed by atoms with E-state index in [4.69, 9.17) is 0 Å². The summed E-state index contributed by atoms with van der Waals surface area (Å²) in [6.07, 6.45) is 2.46. The average Bonchev–Trinajstić information content (AvgIpc) is 2.90. The molecule has 4 nitrogen and oxygen atoms in total. The molecule has 0 saturated carbocycles. The maximum Gasteiger partial charge on any atom is 0.251 e. The minimum Gasteiger partial charge on any atom is -0.396 e. The topological polar surface area (TPSA) is 73.1 Å². The second-order valence-electron chi connectivity index (χ2n) is 8.98. The van der Waals surface area contributed by atoms with Crippen molar-refractivity contribution < 1.29 is 9.90 Å². The molecule has 0 saturated heterocycles. The van der Waals surface area contributed by atoms with Gasteiger partial charge in [0.2, 0.25) is 0 Å². The number of benzene rings is 3. The Labute approximate surface area is 203 Å². The van der Waals surface area contributed by atoms with Crippen molar-refractivity contribution in [3.05, 3.63) is 95.1 Å². The number of rotatable bonds is 10. The summed E-state index contributed by atoms with van der Waals surface area (Å²) in [7, 11) is 0. The summed E-state index contributed by atoms with van der Waals surface area (Å²) >= 11 is 0. The lowest BCUT2D eigenvalue weighted by molar-refractivity contribution is 0.0867. The highest BCUT2D eigenvalue weighted by Gasteiger charge is 2.28. The van der Waals surface area contributed by atoms with Crippen molar-refractivity contribution in [1.82, 2.24) is 5.32 Å². The van der Waals surface area contributed by atoms with Gasteiger partial charge in [0, 0.05) is 24.1 Å². The molecule has 3 aromatic carbocycles. The minimum absolute atomic E-state index is 0.0429. The fraction of sp³-hybridized carbons (Fsp3) is 0.333. The molecule has 2 N–H and O–H groups in total. The van der Waals surface area contributed by atoms with E-state index in [0.29, 0.717) is 17.5 Å². The number of aliphatic hydroxyl groups excluding tert-OH is 1. The van der Waals surface area contributed by atoms with Crippen LogP contribution in [0.5, 0.6) is 0 Å². The van der Waals surface area contributed by atoms with Gasteiger partial charge in [-0.3, -0.25) is 4.79 Å². The fourth-order valence-electron chi connectivity index (χ4n) is 4.37. The fourth-order valence-corrected chi connectivity index (χ4v) is 4.37. The van der Waals surface area contributed by atoms with E-state index in [9.17, 15) is 15.2 Å². The first-order valence-electron chi connectivity index (χ1n) is 12.1. The molecular weight excluding hydrogens is 420 g/mol. The molecule has 3 unspecified atom stereocenters. The Kier molecular flexibility index (Phi) is 9.01. The number of carbonyl (C=O) groups is 1. The maximum atomic E-state index is 13.2. The van der Waals surface area contributed by atoms with E-state index < -0.39 is 0 Å². The third-order valence-electron chi connectivity index (χ3n) is 6.67. The van der Waals surface area contributed by atoms with Crippen LogP contribution in [0.4, 0.5) is 0 Å². The molecule has 0 radical (unpaired) electrons. The Hall–Kier alpha value is -3.42. The Morgan fingerprint density at radius 3 is 2.32 bits per heavy atom. The molecule has 0 aliphatic carbocycles. The summed E-state index contributed by atoms with van der Waals surface area (Å²) in [4.78, 5) is 13.2. The molecule has 176 valence electrons. The van der Waals surface area contributed by atoms with Crippen molar-refractivity contribution in [2.24, 2.45) is 11.8 Å². The Balaban J connectivity index is 1.77. The Morgan fingerprint density at radius 2 is 1.68 bits per heavy atom. The summed E-state index contributed by atoms with van der Waals surface area (Å²) < 4.78 is 0. The first-order chi connectivity index (χ1) is 16.5. The van der Waals surface area contributed by atoms with Gasteiger partial charge in [-0.25, -0.2) is 0 Å². The van der Waals surface area contributed by atoms with E-state index in [1.165, 1.54) is 5.56 Å². The van der Waals surface area contributed by atoms with Crippen LogP contribution >= 0.6 is 0 Å². The highest BCUT2D eigenvalue weighted by molar-refractivity contribution is 5.95. The van der Waals surface area contributed by atoms with Crippen LogP contribution in [0, 0.1) is 23.2 Å². The van der Waals surface area contributed by atoms with Gasteiger partial charge in [-0.1, -0.05) is 75.7 Å². The maximum absolute atomic E-state index is 13.2. The summed E-state index contributed by atoms with van der Waals surface area (Å²) in [6.45, 7) is 6.29. The highest BCUT2D eigenvalue weighted by Crippen LogP contribution is 2.24. The SMILES string of the molecule is CCc1cccc(-c2ccc(C(=O)NC(C(C)CC)C(CO)Cc3cccc(C#N)c3)cc2)c1. The van der Waals surface area contributed by atoms with E-state index in [1.54, 1.807) is 6.07 Å². The molecular formula is C30H34N2O2. The van der Waals surface area contributed by atoms with Crippen LogP contribution in [-0.4, -0.2) is 23.7 Å². The van der Waals surface area contributed by atoms with Gasteiger partial charge in [-0.05, 0) is 65.3 Å². The zero-order valence-electron chi connectivity index (χ0n) is 20.3. The van der Waals surface area contributed by atoms with Crippen LogP contribution in [0.3, 0.4) is 0 Å². The van der Waals surface area contributed by atoms with Gasteiger partial charge in [-0.2, -0.15) is 5.26 Å². The van der Waals surface area contributed by atoms with Gasteiger partial charge < -0.3 is 10.4 Å². The van der Waals surface area contributed by atoms with Gasteiger partial charge >= 0.3 is 0 Å². The number of carbonyl (C=O) groups excluding carboxylic acids is 1. The second-order valence-corrected chi connectivity index (χ2v) is 8.98. The molecule has 0 aliphatic rings. The summed E-state index contributed by atoms with van der Waals surface area (Å²) in [5, 5.41) is 22.6. The predicted octanol–water partition coefficient (Wildman–Crippen LogP) is 5.78. The van der Waals surface area contributed by atoms with Crippen molar-refractivity contribution in [3.8, 4) is 17.2 Å². The summed E-state index contributed by atoms with van der Waals surface area (Å²) in [5.41, 5.74) is 5.69. The molecule has 34 heavy (non-hydrogen) atoms. The van der Waals surface area contributed by atoms with Crippen molar-refractivity contribution in [1.29, 1.82) is 5.26 Å². The van der Waals surface area contributed by atoms with Crippen molar-refractivity contribution in [2.75, 3.05) is 6.61 Å². The van der Waals surface area contributed by atoms with Gasteiger partial charge in [0.25, 0.3) is 5.91 Å². The number of hydrogen-bond acceptors (Lipinski definition) is 3. The molecule has 0 heterocycles. The number of nitriles is 1. The molecule has 3 rings (SSSR count). The van der Waals surface area contributed by atoms with Crippen LogP contribution in [0.15, 0.2) is 72.8 Å². The van der Waals surface area contributed by atoms with Gasteiger partial charge in [0.1, 0.15) is 0 Å². The standard InChI is InChI=1S/C30H34N2O2/c1-4-21(3)29(28(20-33)18-23-9-6-10-24(16-23)19-31)32-30(34)26-14-12-25(13-15-26)27-11-7-8-22(5-2)17-27/h6-17,21,28-29,33H,4-5,18,20H2,1-3H3,(H,32,34). The predicted molar refractivity (Wildman–Crippen MR) is 137 cm³/mol. The first kappa shape index (κ1) is 25.2. The van der Waals surface area contributed by atoms with Crippen molar-refractivity contribution in [3.63, 3.8) is 0 Å². The molecule has 3 atom stereocenters. The van der Waals surface area contributed by atoms with Crippen LogP contribution in [0.2, 0.25) is 0 Å². The van der Waals surface area contributed by atoms with E-state index >= 15 is 0 Å². The quantitative estimate of drug-likeness (QED) is 0.408. The zero-order valence-corrected chi connectivity index (χ0v) is 20.3. The first-order valence-corrected chi connectivity index (χ1v) is 12.1. The molecule has 3 aromatic rings. The number of amides is 1. The molecule has 4 heteroatoms. The van der Waals surface area contributed by atoms with E-state index in [1.807, 2.05) is 42.5 Å². The van der Waals surface area contributed by atoms with E-state index in [-0.39, 0.29) is 30.4 Å². The number of hydrogen-bond donors (Lipinski definition) is 2. The molecule has 0 fully saturated rings. The lowest BCUT2D eigenvalue weighted by Gasteiger charge is -2.31. The van der Waals surface area contributed by atoms with Gasteiger partial charge in [-0.15, -0.1) is 0 Å². The third-order valence-corrected chi connectivity index (χ3v) is 6.67. The second kappa shape index (κ2) is 12.2. The average molecular weight is 455 g/mol. The lowest BCUT2D eigenvalue weighted by Crippen LogP contribution is -2.46. The minimum atomic E-state index is -0.186. The zero-order chi connectivity index (χ0) is 24.5. The molecule has 0 spiro atoms. The molecule has 0 aliphatic heterocycles. The van der Waals surface area contributed by atoms with Crippen LogP contribution in [-0.2, 0) is 12.8 Å². The van der Waals surface area contributed by atoms with Gasteiger partial charge in [0.05, 0.1) is 11.6 Å². The van der Waals surface area contributed by atoms with E-state index in [2.05, 4.69) is 56.4 Å². The largest absolute Gasteiger partial charge is 0.396 e. The summed E-state index contributed by atoms with van der Waals surface area (Å²) in [5.74, 6) is -0.0939. The third kappa shape index (κ3) is 6.34. The molecule has 1 amide bonds. The summed E-state index contributed by atoms with van der Waals surface area (Å²) in [6, 6.07) is 25.6. The Morgan fingerprint density at radius 1 is 0.971 bits per heavy atom. The number of nitrogens with zero attached hydrogens (tertiary/aromatic N) is 1. The molecule has 0 aromatic heterocycles. The van der Waals surface area contributed by atoms with Crippen LogP contribution in [0.1, 0.15) is 54.2 Å². The highest BCUT2D eigenvalue weighted by atomic mass is 16.3. The smallest absolute Gasteiger partial charge is 0.251 e. The number of aryl methyl sites for hydroxylation is 1. The lowest BCUT2D eigenvalue weighted by atomic mass is 9.83. The molecule has 0 bridgehead atoms. The normalized spacial score (nSPS) is 13.5. The monoisotopic (exact) mass is 454 g/mol. The Bertz CT molecular complexity index is 1130. The van der Waals surface area contributed by atoms with Crippen LogP contribution < -0.4 is 5.32 Å². The van der Waals surface area contributed by atoms with E-state index in [0.717, 1.165) is 29.5 Å². The number of aliphatic hydroxyl groups is 1. The van der Waals surface area contributed by atoms with Crippen molar-refractivity contribution in [2.45, 2.75) is 46.1 Å². The van der Waals surface area contributed by atoms with Crippen LogP contribution in [0.25, 0.3) is 11.1 Å². The van der Waals surface area contributed by atoms with Crippen molar-refractivity contribution >= 4 is 5.91 Å². The number of nitrogens with one attached hydrogen (secondary N) is 1.